The minimum Gasteiger partial charge on any atom is -0.506 e. The number of carbonyl (C=O) groups is 2. The normalized spacial score (nSPS) is 11.4. The van der Waals surface area contributed by atoms with Crippen LogP contribution in [0.25, 0.3) is 21.0 Å². The van der Waals surface area contributed by atoms with Crippen LogP contribution in [-0.4, -0.2) is 33.7 Å². The number of phenolic OH excluding ortho intramolecular Hbond substituents is 2. The smallest absolute Gasteiger partial charge is 0.400 e. The Kier molecular flexibility index (Phi) is 4.09. The number of thiazole rings is 1. The molecular formula is C15H11N3O5S. The molecule has 0 aliphatic heterocycles. The maximum Gasteiger partial charge on any atom is 0.400 e. The first-order valence-corrected chi connectivity index (χ1v) is 7.70. The van der Waals surface area contributed by atoms with Gasteiger partial charge in [-0.2, -0.15) is 0 Å². The zero-order valence-electron chi connectivity index (χ0n) is 12.4. The summed E-state index contributed by atoms with van der Waals surface area (Å²) in [5.41, 5.74) is 0.147. The number of hydrogen-bond donors (Lipinski definition) is 2. The molecule has 1 aromatic heterocycles. The molecule has 0 saturated heterocycles. The molecule has 0 atom stereocenters. The Labute approximate surface area is 139 Å². The predicted molar refractivity (Wildman–Crippen MR) is 86.6 cm³/mol. The molecule has 9 heteroatoms. The lowest BCUT2D eigenvalue weighted by Crippen LogP contribution is -2.14. The van der Waals surface area contributed by atoms with Crippen LogP contribution in [0.2, 0.25) is 0 Å². The van der Waals surface area contributed by atoms with Crippen molar-refractivity contribution in [1.82, 2.24) is 4.98 Å². The average molecular weight is 345 g/mol. The highest BCUT2D eigenvalue weighted by Crippen LogP contribution is 2.45. The van der Waals surface area contributed by atoms with Gasteiger partial charge in [0, 0.05) is 10.8 Å². The number of fused-ring (bicyclic) bond motifs is 2. The summed E-state index contributed by atoms with van der Waals surface area (Å²) in [7, 11) is 0. The molecule has 0 saturated carbocycles. The van der Waals surface area contributed by atoms with Crippen LogP contribution < -0.4 is 0 Å². The molecule has 1 heterocycles. The number of ether oxygens (including phenoxy) is 1. The van der Waals surface area contributed by atoms with E-state index < -0.39 is 11.9 Å². The molecule has 0 aliphatic carbocycles. The predicted octanol–water partition coefficient (Wildman–Crippen LogP) is 3.03. The lowest BCUT2D eigenvalue weighted by molar-refractivity contribution is -0.153. The van der Waals surface area contributed by atoms with Crippen molar-refractivity contribution in [3.8, 4) is 11.5 Å². The fourth-order valence-corrected chi connectivity index (χ4v) is 2.99. The van der Waals surface area contributed by atoms with Crippen molar-refractivity contribution < 1.29 is 24.5 Å². The van der Waals surface area contributed by atoms with Gasteiger partial charge < -0.3 is 14.9 Å². The highest BCUT2D eigenvalue weighted by Gasteiger charge is 2.18. The summed E-state index contributed by atoms with van der Waals surface area (Å²) in [5.74, 6) is -2.42. The third kappa shape index (κ3) is 2.65. The third-order valence-corrected chi connectivity index (χ3v) is 4.12. The van der Waals surface area contributed by atoms with Gasteiger partial charge in [-0.1, -0.05) is 40.7 Å². The van der Waals surface area contributed by atoms with Gasteiger partial charge in [0.15, 0.2) is 5.75 Å². The molecule has 1 amide bonds. The summed E-state index contributed by atoms with van der Waals surface area (Å²) < 4.78 is 4.81. The first kappa shape index (κ1) is 15.8. The average Bonchev–Trinajstić information content (AvgIpc) is 3.02. The highest BCUT2D eigenvalue weighted by molar-refractivity contribution is 7.22. The fourth-order valence-electron chi connectivity index (χ4n) is 2.14. The van der Waals surface area contributed by atoms with Gasteiger partial charge in [-0.3, -0.25) is 4.79 Å². The van der Waals surface area contributed by atoms with Crippen molar-refractivity contribution >= 4 is 49.3 Å². The number of carbonyl (C=O) groups excluding carboxylic acids is 2. The molecule has 0 aliphatic rings. The van der Waals surface area contributed by atoms with Gasteiger partial charge in [0.1, 0.15) is 16.0 Å². The first-order valence-electron chi connectivity index (χ1n) is 6.89. The molecule has 0 bridgehead atoms. The van der Waals surface area contributed by atoms with E-state index in [1.54, 1.807) is 31.2 Å². The first-order chi connectivity index (χ1) is 11.5. The lowest BCUT2D eigenvalue weighted by Gasteiger charge is -2.04. The molecule has 3 rings (SSSR count). The van der Waals surface area contributed by atoms with Gasteiger partial charge >= 0.3 is 11.9 Å². The van der Waals surface area contributed by atoms with E-state index in [4.69, 9.17) is 0 Å². The third-order valence-electron chi connectivity index (χ3n) is 3.17. The standard InChI is InChI=1S/C15H11N3O5S/c1-2-23-14(22)13(21)17-18-15-16-9-10(19)7-5-3-4-6-8(7)11(20)12(9)24-15/h3-6,19-20H,2H2,1H3. The minimum absolute atomic E-state index is 0.0172. The Balaban J connectivity index is 2.04. The van der Waals surface area contributed by atoms with Gasteiger partial charge in [-0.25, -0.2) is 9.78 Å². The van der Waals surface area contributed by atoms with Crippen molar-refractivity contribution in [3.05, 3.63) is 24.3 Å². The summed E-state index contributed by atoms with van der Waals surface area (Å²) >= 11 is 0.934. The van der Waals surface area contributed by atoms with Crippen LogP contribution in [0.15, 0.2) is 34.5 Å². The van der Waals surface area contributed by atoms with Crippen LogP contribution in [0, 0.1) is 0 Å². The number of aromatic nitrogens is 1. The summed E-state index contributed by atoms with van der Waals surface area (Å²) in [6.45, 7) is 1.61. The molecule has 3 aromatic rings. The van der Waals surface area contributed by atoms with Crippen LogP contribution in [-0.2, 0) is 14.3 Å². The van der Waals surface area contributed by atoms with Crippen LogP contribution in [0.3, 0.4) is 0 Å². The number of aromatic hydroxyl groups is 2. The summed E-state index contributed by atoms with van der Waals surface area (Å²) in [6.07, 6.45) is 0. The van der Waals surface area contributed by atoms with Gasteiger partial charge in [0.25, 0.3) is 0 Å². The Hall–Kier alpha value is -3.07. The van der Waals surface area contributed by atoms with E-state index in [1.807, 2.05) is 0 Å². The fraction of sp³-hybridized carbons (Fsp3) is 0.133. The molecular weight excluding hydrogens is 334 g/mol. The Morgan fingerprint density at radius 3 is 2.54 bits per heavy atom. The molecule has 2 aromatic carbocycles. The van der Waals surface area contributed by atoms with Gasteiger partial charge in [-0.15, -0.1) is 5.11 Å². The minimum atomic E-state index is -1.16. The van der Waals surface area contributed by atoms with Crippen molar-refractivity contribution in [3.63, 3.8) is 0 Å². The number of hydrogen-bond acceptors (Lipinski definition) is 8. The highest BCUT2D eigenvalue weighted by atomic mass is 32.1. The summed E-state index contributed by atoms with van der Waals surface area (Å²) in [4.78, 5) is 26.6. The van der Waals surface area contributed by atoms with Crippen molar-refractivity contribution in [1.29, 1.82) is 0 Å². The number of amides is 1. The SMILES string of the molecule is CCOC(=O)C(=O)N=Nc1nc2c(O)c3ccccc3c(O)c2s1. The topological polar surface area (TPSA) is 121 Å². The zero-order valence-corrected chi connectivity index (χ0v) is 13.2. The Bertz CT molecular complexity index is 937. The van der Waals surface area contributed by atoms with Crippen LogP contribution in [0.5, 0.6) is 11.5 Å². The van der Waals surface area contributed by atoms with Crippen LogP contribution in [0.1, 0.15) is 6.92 Å². The number of nitrogens with zero attached hydrogens (tertiary/aromatic N) is 3. The van der Waals surface area contributed by atoms with Crippen molar-refractivity contribution in [2.24, 2.45) is 10.2 Å². The second-order valence-corrected chi connectivity index (χ2v) is 5.62. The maximum atomic E-state index is 11.4. The van der Waals surface area contributed by atoms with Crippen molar-refractivity contribution in [2.75, 3.05) is 6.61 Å². The molecule has 122 valence electrons. The number of esters is 1. The van der Waals surface area contributed by atoms with Gasteiger partial charge in [0.05, 0.1) is 6.61 Å². The quantitative estimate of drug-likeness (QED) is 0.319. The van der Waals surface area contributed by atoms with Gasteiger partial charge in [0.2, 0.25) is 5.13 Å². The Morgan fingerprint density at radius 1 is 1.21 bits per heavy atom. The monoisotopic (exact) mass is 345 g/mol. The van der Waals surface area contributed by atoms with E-state index in [1.165, 1.54) is 0 Å². The number of phenols is 2. The van der Waals surface area contributed by atoms with Gasteiger partial charge in [-0.05, 0) is 6.92 Å². The second kappa shape index (κ2) is 6.20. The second-order valence-electron chi connectivity index (χ2n) is 4.64. The molecule has 0 spiro atoms. The molecule has 8 nitrogen and oxygen atoms in total. The molecule has 0 radical (unpaired) electrons. The van der Waals surface area contributed by atoms with E-state index in [0.717, 1.165) is 11.3 Å². The lowest BCUT2D eigenvalue weighted by atomic mass is 10.1. The molecule has 24 heavy (non-hydrogen) atoms. The largest absolute Gasteiger partial charge is 0.506 e. The van der Waals surface area contributed by atoms with Crippen LogP contribution in [0.4, 0.5) is 5.13 Å². The molecule has 0 unspecified atom stereocenters. The zero-order chi connectivity index (χ0) is 17.3. The van der Waals surface area contributed by atoms with E-state index in [-0.39, 0.29) is 28.8 Å². The number of benzene rings is 2. The van der Waals surface area contributed by atoms with E-state index >= 15 is 0 Å². The van der Waals surface area contributed by atoms with E-state index in [9.17, 15) is 19.8 Å². The number of azo groups is 1. The summed E-state index contributed by atoms with van der Waals surface area (Å²) in [5, 5.41) is 28.4. The van der Waals surface area contributed by atoms with E-state index in [0.29, 0.717) is 15.5 Å². The maximum absolute atomic E-state index is 11.4. The Morgan fingerprint density at radius 2 is 1.88 bits per heavy atom. The summed E-state index contributed by atoms with van der Waals surface area (Å²) in [6, 6.07) is 6.76. The molecule has 0 fully saturated rings. The van der Waals surface area contributed by atoms with Crippen molar-refractivity contribution in [2.45, 2.75) is 6.92 Å². The molecule has 2 N–H and O–H groups in total. The number of rotatable bonds is 2. The van der Waals surface area contributed by atoms with Crippen LogP contribution >= 0.6 is 11.3 Å². The van der Waals surface area contributed by atoms with E-state index in [2.05, 4.69) is 19.9 Å².